The third-order valence-electron chi connectivity index (χ3n) is 3.37. The quantitative estimate of drug-likeness (QED) is 0.456. The van der Waals surface area contributed by atoms with E-state index < -0.39 is 16.6 Å². The maximum absolute atomic E-state index is 11.8. The predicted octanol–water partition coefficient (Wildman–Crippen LogP) is 4.86. The number of aryl methyl sites for hydroxylation is 1. The lowest BCUT2D eigenvalue weighted by atomic mass is 10.1. The number of aldehydes is 1. The van der Waals surface area contributed by atoms with E-state index in [1.165, 1.54) is 18.2 Å². The summed E-state index contributed by atoms with van der Waals surface area (Å²) in [6, 6.07) is 8.93. The number of nitro groups is 1. The normalized spacial score (nSPS) is 10.8. The molecule has 142 valence electrons. The highest BCUT2D eigenvalue weighted by atomic mass is 16.6. The van der Waals surface area contributed by atoms with E-state index in [4.69, 9.17) is 9.47 Å². The van der Waals surface area contributed by atoms with Gasteiger partial charge < -0.3 is 9.47 Å². The number of benzene rings is 2. The highest BCUT2D eigenvalue weighted by molar-refractivity contribution is 5.85. The van der Waals surface area contributed by atoms with Crippen molar-refractivity contribution in [2.45, 2.75) is 33.3 Å². The fourth-order valence-corrected chi connectivity index (χ4v) is 2.23. The summed E-state index contributed by atoms with van der Waals surface area (Å²) >= 11 is 0. The number of nitrogens with one attached hydrogen (secondary N) is 1. The molecule has 0 aliphatic heterocycles. The van der Waals surface area contributed by atoms with Crippen molar-refractivity contribution in [2.75, 3.05) is 5.32 Å². The van der Waals surface area contributed by atoms with Crippen molar-refractivity contribution in [2.24, 2.45) is 0 Å². The van der Waals surface area contributed by atoms with Crippen LogP contribution in [0, 0.1) is 17.0 Å². The Morgan fingerprint density at radius 3 is 2.44 bits per heavy atom. The SMILES string of the molecule is Cc1cc(NC(=O)OC(C)(C)C)ccc1Oc1ccc(C=O)c([N+](=O)[O-])c1. The van der Waals surface area contributed by atoms with Crippen LogP contribution in [0.1, 0.15) is 36.7 Å². The molecule has 0 aliphatic carbocycles. The van der Waals surface area contributed by atoms with Crippen molar-refractivity contribution in [3.05, 3.63) is 57.6 Å². The molecule has 0 aliphatic rings. The Bertz CT molecular complexity index is 886. The maximum atomic E-state index is 11.8. The molecule has 8 nitrogen and oxygen atoms in total. The first-order valence-corrected chi connectivity index (χ1v) is 8.11. The first-order valence-electron chi connectivity index (χ1n) is 8.11. The Balaban J connectivity index is 2.17. The van der Waals surface area contributed by atoms with Gasteiger partial charge in [0.15, 0.2) is 6.29 Å². The van der Waals surface area contributed by atoms with Gasteiger partial charge in [-0.2, -0.15) is 0 Å². The minimum atomic E-state index is -0.642. The van der Waals surface area contributed by atoms with Gasteiger partial charge in [0.2, 0.25) is 0 Å². The minimum absolute atomic E-state index is 0.0269. The molecule has 0 aromatic heterocycles. The van der Waals surface area contributed by atoms with Crippen LogP contribution >= 0.6 is 0 Å². The van der Waals surface area contributed by atoms with Crippen LogP contribution in [0.5, 0.6) is 11.5 Å². The summed E-state index contributed by atoms with van der Waals surface area (Å²) in [5.74, 6) is 0.682. The van der Waals surface area contributed by atoms with Crippen LogP contribution in [0.25, 0.3) is 0 Å². The summed E-state index contributed by atoms with van der Waals surface area (Å²) in [5, 5.41) is 13.7. The minimum Gasteiger partial charge on any atom is -0.457 e. The molecule has 1 N–H and O–H groups in total. The molecule has 1 amide bonds. The van der Waals surface area contributed by atoms with Crippen molar-refractivity contribution in [1.29, 1.82) is 0 Å². The van der Waals surface area contributed by atoms with E-state index in [0.717, 1.165) is 0 Å². The molecule has 2 aromatic rings. The first kappa shape index (κ1) is 19.9. The molecule has 0 atom stereocenters. The number of rotatable bonds is 5. The molecule has 27 heavy (non-hydrogen) atoms. The molecule has 8 heteroatoms. The van der Waals surface area contributed by atoms with E-state index in [0.29, 0.717) is 23.3 Å². The fourth-order valence-electron chi connectivity index (χ4n) is 2.23. The molecule has 2 aromatic carbocycles. The maximum Gasteiger partial charge on any atom is 0.412 e. The van der Waals surface area contributed by atoms with Crippen molar-refractivity contribution in [3.63, 3.8) is 0 Å². The number of hydrogen-bond donors (Lipinski definition) is 1. The van der Waals surface area contributed by atoms with Crippen LogP contribution in [0.15, 0.2) is 36.4 Å². The molecule has 0 spiro atoms. The van der Waals surface area contributed by atoms with Gasteiger partial charge in [-0.25, -0.2) is 4.79 Å². The molecule has 0 unspecified atom stereocenters. The highest BCUT2D eigenvalue weighted by Crippen LogP contribution is 2.30. The van der Waals surface area contributed by atoms with Gasteiger partial charge in [-0.05, 0) is 63.6 Å². The lowest BCUT2D eigenvalue weighted by Gasteiger charge is -2.20. The van der Waals surface area contributed by atoms with Crippen LogP contribution in [-0.4, -0.2) is 22.9 Å². The zero-order valence-electron chi connectivity index (χ0n) is 15.4. The van der Waals surface area contributed by atoms with Gasteiger partial charge in [0, 0.05) is 5.69 Å². The van der Waals surface area contributed by atoms with Gasteiger partial charge >= 0.3 is 6.09 Å². The number of ether oxygens (including phenoxy) is 2. The number of carbonyl (C=O) groups excluding carboxylic acids is 2. The Hall–Kier alpha value is -3.42. The van der Waals surface area contributed by atoms with Crippen molar-refractivity contribution < 1.29 is 24.0 Å². The van der Waals surface area contributed by atoms with Crippen LogP contribution in [0.3, 0.4) is 0 Å². The summed E-state index contributed by atoms with van der Waals surface area (Å²) in [7, 11) is 0. The van der Waals surface area contributed by atoms with E-state index in [1.54, 1.807) is 45.9 Å². The first-order chi connectivity index (χ1) is 12.6. The Morgan fingerprint density at radius 2 is 1.89 bits per heavy atom. The summed E-state index contributed by atoms with van der Waals surface area (Å²) in [5.41, 5.74) is 0.260. The van der Waals surface area contributed by atoms with E-state index >= 15 is 0 Å². The van der Waals surface area contributed by atoms with Crippen LogP contribution < -0.4 is 10.1 Å². The van der Waals surface area contributed by atoms with Gasteiger partial charge in [0.25, 0.3) is 5.69 Å². The topological polar surface area (TPSA) is 108 Å². The molecule has 0 saturated heterocycles. The Labute approximate surface area is 156 Å². The monoisotopic (exact) mass is 372 g/mol. The number of nitro benzene ring substituents is 1. The number of carbonyl (C=O) groups is 2. The molecular formula is C19H20N2O6. The van der Waals surface area contributed by atoms with Gasteiger partial charge in [0.1, 0.15) is 17.1 Å². The van der Waals surface area contributed by atoms with E-state index in [2.05, 4.69) is 5.32 Å². The summed E-state index contributed by atoms with van der Waals surface area (Å²) in [6.45, 7) is 7.07. The van der Waals surface area contributed by atoms with Crippen LogP contribution in [0.2, 0.25) is 0 Å². The van der Waals surface area contributed by atoms with E-state index in [-0.39, 0.29) is 17.0 Å². The van der Waals surface area contributed by atoms with Gasteiger partial charge in [-0.1, -0.05) is 0 Å². The standard InChI is InChI=1S/C19H20N2O6/c1-12-9-14(20-18(23)27-19(2,3)4)6-8-17(12)26-15-7-5-13(11-22)16(10-15)21(24)25/h5-11H,1-4H3,(H,20,23). The summed E-state index contributed by atoms with van der Waals surface area (Å²) < 4.78 is 10.9. The second-order valence-electron chi connectivity index (χ2n) is 6.80. The largest absolute Gasteiger partial charge is 0.457 e. The highest BCUT2D eigenvalue weighted by Gasteiger charge is 2.17. The molecule has 0 fully saturated rings. The average molecular weight is 372 g/mol. The summed E-state index contributed by atoms with van der Waals surface area (Å²) in [6.07, 6.45) is -0.153. The number of amides is 1. The Morgan fingerprint density at radius 1 is 1.19 bits per heavy atom. The van der Waals surface area contributed by atoms with Gasteiger partial charge in [-0.3, -0.25) is 20.2 Å². The Kier molecular flexibility index (Phi) is 5.79. The van der Waals surface area contributed by atoms with Crippen LogP contribution in [0.4, 0.5) is 16.2 Å². The third kappa shape index (κ3) is 5.53. The third-order valence-corrected chi connectivity index (χ3v) is 3.37. The lowest BCUT2D eigenvalue weighted by molar-refractivity contribution is -0.385. The van der Waals surface area contributed by atoms with Crippen LogP contribution in [-0.2, 0) is 4.74 Å². The van der Waals surface area contributed by atoms with E-state index in [9.17, 15) is 19.7 Å². The second-order valence-corrected chi connectivity index (χ2v) is 6.80. The van der Waals surface area contributed by atoms with Crippen molar-refractivity contribution >= 4 is 23.8 Å². The summed E-state index contributed by atoms with van der Waals surface area (Å²) in [4.78, 5) is 33.1. The zero-order valence-corrected chi connectivity index (χ0v) is 15.4. The van der Waals surface area contributed by atoms with E-state index in [1.807, 2.05) is 0 Å². The molecular weight excluding hydrogens is 352 g/mol. The van der Waals surface area contributed by atoms with Crippen molar-refractivity contribution in [1.82, 2.24) is 0 Å². The fraction of sp³-hybridized carbons (Fsp3) is 0.263. The number of hydrogen-bond acceptors (Lipinski definition) is 6. The lowest BCUT2D eigenvalue weighted by Crippen LogP contribution is -2.27. The molecule has 0 bridgehead atoms. The number of nitrogens with zero attached hydrogens (tertiary/aromatic N) is 1. The predicted molar refractivity (Wildman–Crippen MR) is 99.6 cm³/mol. The average Bonchev–Trinajstić information content (AvgIpc) is 2.55. The van der Waals surface area contributed by atoms with Gasteiger partial charge in [0.05, 0.1) is 16.6 Å². The molecule has 0 saturated carbocycles. The number of anilines is 1. The van der Waals surface area contributed by atoms with Crippen molar-refractivity contribution in [3.8, 4) is 11.5 Å². The second kappa shape index (κ2) is 7.86. The smallest absolute Gasteiger partial charge is 0.412 e. The molecule has 0 radical (unpaired) electrons. The molecule has 0 heterocycles. The molecule has 2 rings (SSSR count). The zero-order chi connectivity index (χ0) is 20.2. The van der Waals surface area contributed by atoms with Gasteiger partial charge in [-0.15, -0.1) is 0 Å².